The molecule has 0 saturated heterocycles. The fraction of sp³-hybridized carbons (Fsp3) is 0.333. The van der Waals surface area contributed by atoms with Gasteiger partial charge in [-0.05, 0) is 106 Å². The highest BCUT2D eigenvalue weighted by molar-refractivity contribution is 6.07. The van der Waals surface area contributed by atoms with Crippen LogP contribution in [-0.4, -0.2) is 4.57 Å². The molecule has 1 unspecified atom stereocenters. The van der Waals surface area contributed by atoms with Crippen molar-refractivity contribution in [1.82, 2.24) is 4.57 Å². The van der Waals surface area contributed by atoms with Gasteiger partial charge in [-0.15, -0.1) is 0 Å². The van der Waals surface area contributed by atoms with E-state index in [1.165, 1.54) is 108 Å². The lowest BCUT2D eigenvalue weighted by atomic mass is 9.75. The summed E-state index contributed by atoms with van der Waals surface area (Å²) in [5.74, 6) is 1.68. The molecule has 216 valence electrons. The molecule has 5 aromatic rings. The van der Waals surface area contributed by atoms with Gasteiger partial charge in [0.05, 0.1) is 5.69 Å². The molecule has 0 aliphatic heterocycles. The van der Waals surface area contributed by atoms with Crippen molar-refractivity contribution in [2.24, 2.45) is 0 Å². The summed E-state index contributed by atoms with van der Waals surface area (Å²) >= 11 is 0. The van der Waals surface area contributed by atoms with Crippen molar-refractivity contribution >= 4 is 21.5 Å². The standard InChI is InChI=1S/C42H43N/c1-5-15-30(16-6-1)39-27-28-40(31-17-7-2-8-18-31)43(39)34-25-26-37-38(29-34)42(33-21-11-4-12-22-33)36-24-14-13-23-35(36)41(37)32-19-9-3-10-20-32/h1-2,5-8,13-17,23-29,31-33H,3-4,9-12,18-22H2. The first kappa shape index (κ1) is 26.8. The van der Waals surface area contributed by atoms with E-state index in [1.54, 1.807) is 11.1 Å². The smallest absolute Gasteiger partial charge is 0.0531 e. The average molecular weight is 562 g/mol. The van der Waals surface area contributed by atoms with Crippen molar-refractivity contribution in [2.45, 2.75) is 88.4 Å². The lowest BCUT2D eigenvalue weighted by Crippen LogP contribution is -2.11. The summed E-state index contributed by atoms with van der Waals surface area (Å²) in [6.45, 7) is 0. The Balaban J connectivity index is 1.41. The highest BCUT2D eigenvalue weighted by atomic mass is 15.0. The van der Waals surface area contributed by atoms with E-state index in [2.05, 4.69) is 114 Å². The van der Waals surface area contributed by atoms with Crippen LogP contribution < -0.4 is 0 Å². The first-order valence-corrected chi connectivity index (χ1v) is 17.0. The van der Waals surface area contributed by atoms with Gasteiger partial charge >= 0.3 is 0 Å². The number of allylic oxidation sites excluding steroid dienone is 4. The summed E-state index contributed by atoms with van der Waals surface area (Å²) in [5.41, 5.74) is 8.50. The van der Waals surface area contributed by atoms with E-state index in [-0.39, 0.29) is 0 Å². The van der Waals surface area contributed by atoms with E-state index >= 15 is 0 Å². The van der Waals surface area contributed by atoms with E-state index < -0.39 is 0 Å². The Labute approximate surface area is 257 Å². The molecule has 0 amide bonds. The van der Waals surface area contributed by atoms with E-state index in [4.69, 9.17) is 0 Å². The van der Waals surface area contributed by atoms with Crippen LogP contribution in [0.3, 0.4) is 0 Å². The zero-order valence-corrected chi connectivity index (χ0v) is 25.3. The molecule has 1 heterocycles. The summed E-state index contributed by atoms with van der Waals surface area (Å²) in [6.07, 6.45) is 23.6. The molecule has 2 fully saturated rings. The average Bonchev–Trinajstić information content (AvgIpc) is 3.54. The third-order valence-electron chi connectivity index (χ3n) is 10.7. The van der Waals surface area contributed by atoms with Crippen LogP contribution in [-0.2, 0) is 0 Å². The normalized spacial score (nSPS) is 19.9. The first-order chi connectivity index (χ1) is 21.4. The Kier molecular flexibility index (Phi) is 7.27. The van der Waals surface area contributed by atoms with Gasteiger partial charge < -0.3 is 4.57 Å². The SMILES string of the molecule is C1=CCC(c2ccc(-c3ccccc3)n2-c2ccc3c(C4CCCCC4)c4ccccc4c(C4CCCCC4)c3c2)C=C1. The highest BCUT2D eigenvalue weighted by Gasteiger charge is 2.27. The maximum Gasteiger partial charge on any atom is 0.0531 e. The van der Waals surface area contributed by atoms with E-state index in [9.17, 15) is 0 Å². The highest BCUT2D eigenvalue weighted by Crippen LogP contribution is 2.47. The summed E-state index contributed by atoms with van der Waals surface area (Å²) in [5, 5.41) is 6.09. The summed E-state index contributed by atoms with van der Waals surface area (Å²) in [6, 6.07) is 32.7. The molecule has 1 atom stereocenters. The van der Waals surface area contributed by atoms with Crippen LogP contribution >= 0.6 is 0 Å². The largest absolute Gasteiger partial charge is 0.313 e. The van der Waals surface area contributed by atoms with Crippen LogP contribution in [0.1, 0.15) is 105 Å². The maximum absolute atomic E-state index is 2.59. The second kappa shape index (κ2) is 11.7. The second-order valence-corrected chi connectivity index (χ2v) is 13.3. The van der Waals surface area contributed by atoms with Gasteiger partial charge in [-0.2, -0.15) is 0 Å². The number of aromatic nitrogens is 1. The molecule has 4 aromatic carbocycles. The number of hydrogen-bond donors (Lipinski definition) is 0. The van der Waals surface area contributed by atoms with Crippen LogP contribution in [0.2, 0.25) is 0 Å². The third kappa shape index (κ3) is 4.88. The molecule has 0 radical (unpaired) electrons. The van der Waals surface area contributed by atoms with Crippen molar-refractivity contribution in [3.8, 4) is 16.9 Å². The maximum atomic E-state index is 2.59. The second-order valence-electron chi connectivity index (χ2n) is 13.3. The predicted molar refractivity (Wildman–Crippen MR) is 184 cm³/mol. The molecular weight excluding hydrogens is 518 g/mol. The minimum absolute atomic E-state index is 0.380. The van der Waals surface area contributed by atoms with Gasteiger partial charge in [0.15, 0.2) is 0 Å². The Morgan fingerprint density at radius 2 is 1.16 bits per heavy atom. The van der Waals surface area contributed by atoms with E-state index in [1.807, 2.05) is 0 Å². The molecular formula is C42H43N. The molecule has 8 rings (SSSR count). The van der Waals surface area contributed by atoms with Gasteiger partial charge in [0, 0.05) is 17.3 Å². The van der Waals surface area contributed by atoms with Gasteiger partial charge in [-0.1, -0.05) is 123 Å². The zero-order valence-electron chi connectivity index (χ0n) is 25.3. The van der Waals surface area contributed by atoms with Crippen LogP contribution in [0.15, 0.2) is 109 Å². The van der Waals surface area contributed by atoms with Crippen LogP contribution in [0.4, 0.5) is 0 Å². The zero-order chi connectivity index (χ0) is 28.6. The summed E-state index contributed by atoms with van der Waals surface area (Å²) in [7, 11) is 0. The molecule has 0 spiro atoms. The molecule has 1 heteroatoms. The fourth-order valence-corrected chi connectivity index (χ4v) is 8.70. The monoisotopic (exact) mass is 561 g/mol. The molecule has 1 nitrogen and oxygen atoms in total. The van der Waals surface area contributed by atoms with Crippen LogP contribution in [0, 0.1) is 0 Å². The number of benzene rings is 4. The number of rotatable bonds is 5. The number of fused-ring (bicyclic) bond motifs is 2. The molecule has 0 bridgehead atoms. The van der Waals surface area contributed by atoms with Crippen molar-refractivity contribution in [1.29, 1.82) is 0 Å². The van der Waals surface area contributed by atoms with E-state index in [0.29, 0.717) is 17.8 Å². The molecule has 2 saturated carbocycles. The minimum atomic E-state index is 0.380. The fourth-order valence-electron chi connectivity index (χ4n) is 8.70. The summed E-state index contributed by atoms with van der Waals surface area (Å²) in [4.78, 5) is 0. The van der Waals surface area contributed by atoms with Crippen molar-refractivity contribution in [3.63, 3.8) is 0 Å². The van der Waals surface area contributed by atoms with Crippen molar-refractivity contribution in [2.75, 3.05) is 0 Å². The molecule has 0 N–H and O–H groups in total. The topological polar surface area (TPSA) is 4.93 Å². The van der Waals surface area contributed by atoms with Crippen LogP contribution in [0.25, 0.3) is 38.5 Å². The predicted octanol–water partition coefficient (Wildman–Crippen LogP) is 12.1. The lowest BCUT2D eigenvalue weighted by Gasteiger charge is -2.30. The van der Waals surface area contributed by atoms with Crippen molar-refractivity contribution < 1.29 is 0 Å². The number of hydrogen-bond acceptors (Lipinski definition) is 0. The first-order valence-electron chi connectivity index (χ1n) is 17.0. The number of nitrogens with zero attached hydrogens (tertiary/aromatic N) is 1. The van der Waals surface area contributed by atoms with Gasteiger partial charge in [-0.25, -0.2) is 0 Å². The van der Waals surface area contributed by atoms with Gasteiger partial charge in [0.1, 0.15) is 0 Å². The van der Waals surface area contributed by atoms with Crippen LogP contribution in [0.5, 0.6) is 0 Å². The molecule has 3 aliphatic carbocycles. The molecule has 43 heavy (non-hydrogen) atoms. The Bertz CT molecular complexity index is 1800. The lowest BCUT2D eigenvalue weighted by molar-refractivity contribution is 0.445. The Morgan fingerprint density at radius 1 is 0.535 bits per heavy atom. The minimum Gasteiger partial charge on any atom is -0.313 e. The van der Waals surface area contributed by atoms with Gasteiger partial charge in [0.2, 0.25) is 0 Å². The third-order valence-corrected chi connectivity index (χ3v) is 10.7. The van der Waals surface area contributed by atoms with Gasteiger partial charge in [-0.3, -0.25) is 0 Å². The van der Waals surface area contributed by atoms with Gasteiger partial charge in [0.25, 0.3) is 0 Å². The molecule has 1 aromatic heterocycles. The van der Waals surface area contributed by atoms with E-state index in [0.717, 1.165) is 6.42 Å². The summed E-state index contributed by atoms with van der Waals surface area (Å²) < 4.78 is 2.57. The van der Waals surface area contributed by atoms with Crippen molar-refractivity contribution in [3.05, 3.63) is 126 Å². The molecule has 3 aliphatic rings. The quantitative estimate of drug-likeness (QED) is 0.188. The Hall–Kier alpha value is -3.84. The Morgan fingerprint density at radius 3 is 1.81 bits per heavy atom.